The fraction of sp³-hybridized carbons (Fsp3) is 0.160. The first-order chi connectivity index (χ1) is 16.5. The van der Waals surface area contributed by atoms with E-state index < -0.39 is 24.1 Å². The smallest absolute Gasteiger partial charge is 0.374 e. The van der Waals surface area contributed by atoms with Crippen LogP contribution in [0.5, 0.6) is 0 Å². The summed E-state index contributed by atoms with van der Waals surface area (Å²) >= 11 is 11.9. The number of rotatable bonds is 4. The molecule has 3 aromatic rings. The minimum atomic E-state index is -4.82. The molecule has 0 saturated carbocycles. The number of halogens is 5. The van der Waals surface area contributed by atoms with E-state index in [9.17, 15) is 18.0 Å². The maximum absolute atomic E-state index is 14.3. The molecule has 0 aliphatic carbocycles. The van der Waals surface area contributed by atoms with E-state index in [1.807, 2.05) is 6.07 Å². The molecular formula is C25H16Cl2F3N3O2. The van der Waals surface area contributed by atoms with E-state index >= 15 is 0 Å². The van der Waals surface area contributed by atoms with Gasteiger partial charge in [-0.1, -0.05) is 46.6 Å². The molecule has 3 aromatic carbocycles. The van der Waals surface area contributed by atoms with Gasteiger partial charge in [0.2, 0.25) is 0 Å². The second kappa shape index (κ2) is 9.25. The van der Waals surface area contributed by atoms with Gasteiger partial charge in [-0.15, -0.1) is 0 Å². The highest BCUT2D eigenvalue weighted by molar-refractivity contribution is 6.34. The number of benzene rings is 3. The minimum Gasteiger partial charge on any atom is -0.374 e. The number of nitrogens with zero attached hydrogens (tertiary/aromatic N) is 2. The number of alkyl halides is 3. The van der Waals surface area contributed by atoms with Gasteiger partial charge in [0, 0.05) is 38.8 Å². The number of hydrogen-bond donors (Lipinski definition) is 1. The zero-order valence-corrected chi connectivity index (χ0v) is 19.6. The van der Waals surface area contributed by atoms with Gasteiger partial charge in [0.25, 0.3) is 11.5 Å². The molecule has 1 N–H and O–H groups in total. The lowest BCUT2D eigenvalue weighted by atomic mass is 9.85. The second-order valence-electron chi connectivity index (χ2n) is 7.91. The molecule has 0 bridgehead atoms. The summed E-state index contributed by atoms with van der Waals surface area (Å²) in [6, 6.07) is 16.6. The van der Waals surface area contributed by atoms with Crippen molar-refractivity contribution in [2.45, 2.75) is 25.1 Å². The lowest BCUT2D eigenvalue weighted by Gasteiger charge is -2.29. The second-order valence-corrected chi connectivity index (χ2v) is 8.79. The van der Waals surface area contributed by atoms with Crippen molar-refractivity contribution in [3.8, 4) is 6.07 Å². The average Bonchev–Trinajstić information content (AvgIpc) is 3.27. The molecular weight excluding hydrogens is 502 g/mol. The molecule has 4 rings (SSSR count). The van der Waals surface area contributed by atoms with E-state index in [1.165, 1.54) is 12.1 Å². The standard InChI is InChI=1S/C25H16Cl2F3N3O2/c1-14-20(6-3-7-21(14)32-23(34)16-5-2-4-15(8-16)13-31)22-12-24(35-33-22,25(28,29)30)17-9-18(26)11-19(27)10-17/h2-11H,12H2,1H3,(H,32,34)/t24-/m1/s1. The summed E-state index contributed by atoms with van der Waals surface area (Å²) < 4.78 is 42.9. The quantitative estimate of drug-likeness (QED) is 0.404. The number of anilines is 1. The van der Waals surface area contributed by atoms with Crippen LogP contribution in [-0.4, -0.2) is 17.8 Å². The summed E-state index contributed by atoms with van der Waals surface area (Å²) in [5.74, 6) is -0.467. The lowest BCUT2D eigenvalue weighted by molar-refractivity contribution is -0.275. The SMILES string of the molecule is Cc1c(NC(=O)c2cccc(C#N)c2)cccc1C1=NO[C@](c2cc(Cl)cc(Cl)c2)(C(F)(F)F)C1. The number of nitriles is 1. The summed E-state index contributed by atoms with van der Waals surface area (Å²) in [4.78, 5) is 17.8. The Bertz CT molecular complexity index is 1380. The average molecular weight is 518 g/mol. The number of nitrogens with one attached hydrogen (secondary N) is 1. The van der Waals surface area contributed by atoms with E-state index in [0.29, 0.717) is 22.4 Å². The molecule has 1 aliphatic rings. The van der Waals surface area contributed by atoms with Crippen molar-refractivity contribution in [2.24, 2.45) is 5.16 Å². The van der Waals surface area contributed by atoms with Gasteiger partial charge in [-0.2, -0.15) is 18.4 Å². The van der Waals surface area contributed by atoms with Crippen LogP contribution in [0.25, 0.3) is 0 Å². The first-order valence-corrected chi connectivity index (χ1v) is 11.0. The fourth-order valence-electron chi connectivity index (χ4n) is 3.84. The van der Waals surface area contributed by atoms with Gasteiger partial charge >= 0.3 is 6.18 Å². The first kappa shape index (κ1) is 24.6. The third-order valence-corrected chi connectivity index (χ3v) is 6.10. The molecule has 0 fully saturated rings. The Labute approximate surface area is 208 Å². The highest BCUT2D eigenvalue weighted by atomic mass is 35.5. The van der Waals surface area contributed by atoms with Gasteiger partial charge in [-0.3, -0.25) is 4.79 Å². The molecule has 5 nitrogen and oxygen atoms in total. The molecule has 10 heteroatoms. The Morgan fingerprint density at radius 1 is 1.11 bits per heavy atom. The Morgan fingerprint density at radius 2 is 1.80 bits per heavy atom. The number of carbonyl (C=O) groups is 1. The molecule has 0 spiro atoms. The monoisotopic (exact) mass is 517 g/mol. The number of oxime groups is 1. The minimum absolute atomic E-state index is 0.0366. The Balaban J connectivity index is 1.66. The largest absolute Gasteiger partial charge is 0.435 e. The van der Waals surface area contributed by atoms with E-state index in [2.05, 4.69) is 10.5 Å². The van der Waals surface area contributed by atoms with E-state index in [1.54, 1.807) is 43.3 Å². The van der Waals surface area contributed by atoms with E-state index in [4.69, 9.17) is 33.3 Å². The number of hydrogen-bond acceptors (Lipinski definition) is 4. The van der Waals surface area contributed by atoms with Crippen LogP contribution in [0.1, 0.15) is 39.0 Å². The molecule has 1 amide bonds. The van der Waals surface area contributed by atoms with Crippen LogP contribution >= 0.6 is 23.2 Å². The molecule has 1 heterocycles. The molecule has 0 unspecified atom stereocenters. The molecule has 1 atom stereocenters. The zero-order chi connectivity index (χ0) is 25.4. The molecule has 0 radical (unpaired) electrons. The van der Waals surface area contributed by atoms with E-state index in [0.717, 1.165) is 12.1 Å². The maximum atomic E-state index is 14.3. The fourth-order valence-corrected chi connectivity index (χ4v) is 4.37. The van der Waals surface area contributed by atoms with Crippen molar-refractivity contribution >= 4 is 40.5 Å². The van der Waals surface area contributed by atoms with Crippen molar-refractivity contribution in [1.29, 1.82) is 5.26 Å². The van der Waals surface area contributed by atoms with Gasteiger partial charge in [0.15, 0.2) is 0 Å². The third-order valence-electron chi connectivity index (χ3n) is 5.66. The molecule has 0 saturated heterocycles. The summed E-state index contributed by atoms with van der Waals surface area (Å²) in [6.07, 6.45) is -5.44. The number of amides is 1. The Hall–Kier alpha value is -3.54. The van der Waals surface area contributed by atoms with Crippen molar-refractivity contribution in [3.63, 3.8) is 0 Å². The van der Waals surface area contributed by atoms with Gasteiger partial charge in [0.1, 0.15) is 0 Å². The Morgan fingerprint density at radius 3 is 2.46 bits per heavy atom. The van der Waals surface area contributed by atoms with Crippen molar-refractivity contribution < 1.29 is 22.8 Å². The molecule has 35 heavy (non-hydrogen) atoms. The van der Waals surface area contributed by atoms with E-state index in [-0.39, 0.29) is 26.9 Å². The van der Waals surface area contributed by atoms with Crippen LogP contribution < -0.4 is 5.32 Å². The van der Waals surface area contributed by atoms with Crippen molar-refractivity contribution in [2.75, 3.05) is 5.32 Å². The zero-order valence-electron chi connectivity index (χ0n) is 18.1. The maximum Gasteiger partial charge on any atom is 0.435 e. The van der Waals surface area contributed by atoms with Crippen LogP contribution in [0.15, 0.2) is 65.8 Å². The van der Waals surface area contributed by atoms with Crippen LogP contribution in [0.4, 0.5) is 18.9 Å². The van der Waals surface area contributed by atoms with Crippen LogP contribution in [0.3, 0.4) is 0 Å². The molecule has 178 valence electrons. The number of carbonyl (C=O) groups excluding carboxylic acids is 1. The van der Waals surface area contributed by atoms with Gasteiger partial charge in [-0.25, -0.2) is 0 Å². The molecule has 0 aromatic heterocycles. The van der Waals surface area contributed by atoms with Crippen molar-refractivity contribution in [1.82, 2.24) is 0 Å². The van der Waals surface area contributed by atoms with Gasteiger partial charge in [-0.05, 0) is 55.0 Å². The first-order valence-electron chi connectivity index (χ1n) is 10.2. The lowest BCUT2D eigenvalue weighted by Crippen LogP contribution is -2.42. The van der Waals surface area contributed by atoms with Crippen LogP contribution in [-0.2, 0) is 10.4 Å². The summed E-state index contributed by atoms with van der Waals surface area (Å²) in [5, 5.41) is 15.6. The van der Waals surface area contributed by atoms with Crippen LogP contribution in [0.2, 0.25) is 10.0 Å². The summed E-state index contributed by atoms with van der Waals surface area (Å²) in [7, 11) is 0. The highest BCUT2D eigenvalue weighted by Gasteiger charge is 2.62. The van der Waals surface area contributed by atoms with Crippen molar-refractivity contribution in [3.05, 3.63) is 98.5 Å². The molecule has 1 aliphatic heterocycles. The topological polar surface area (TPSA) is 74.5 Å². The normalized spacial score (nSPS) is 17.3. The third kappa shape index (κ3) is 4.70. The van der Waals surface area contributed by atoms with Gasteiger partial charge < -0.3 is 10.2 Å². The predicted octanol–water partition coefficient (Wildman–Crippen LogP) is 7.01. The predicted molar refractivity (Wildman–Crippen MR) is 127 cm³/mol. The summed E-state index contributed by atoms with van der Waals surface area (Å²) in [5.41, 5.74) is -1.11. The Kier molecular flexibility index (Phi) is 6.50. The van der Waals surface area contributed by atoms with Gasteiger partial charge in [0.05, 0.1) is 17.3 Å². The summed E-state index contributed by atoms with van der Waals surface area (Å²) in [6.45, 7) is 1.66. The van der Waals surface area contributed by atoms with Crippen LogP contribution in [0, 0.1) is 18.3 Å². The highest BCUT2D eigenvalue weighted by Crippen LogP contribution is 2.50.